The zero-order valence-electron chi connectivity index (χ0n) is 11.4. The van der Waals surface area contributed by atoms with Gasteiger partial charge in [0.2, 0.25) is 5.91 Å². The first-order valence-electron chi connectivity index (χ1n) is 6.09. The van der Waals surface area contributed by atoms with Gasteiger partial charge in [0.05, 0.1) is 6.54 Å². The lowest BCUT2D eigenvalue weighted by atomic mass is 10.2. The molecular weight excluding hydrogens is 262 g/mol. The lowest BCUT2D eigenvalue weighted by molar-refractivity contribution is -0.118. The normalized spacial score (nSPS) is 10.3. The molecule has 0 aliphatic heterocycles. The van der Waals surface area contributed by atoms with Gasteiger partial charge in [0, 0.05) is 6.54 Å². The summed E-state index contributed by atoms with van der Waals surface area (Å²) < 4.78 is 0. The summed E-state index contributed by atoms with van der Waals surface area (Å²) in [6.07, 6.45) is 0. The molecule has 0 fully saturated rings. The van der Waals surface area contributed by atoms with E-state index in [0.717, 1.165) is 0 Å². The van der Waals surface area contributed by atoms with E-state index in [2.05, 4.69) is 4.98 Å². The Kier molecular flexibility index (Phi) is 5.19. The fourth-order valence-electron chi connectivity index (χ4n) is 1.68. The summed E-state index contributed by atoms with van der Waals surface area (Å²) in [7, 11) is 0. The number of rotatable bonds is 6. The number of aromatic nitrogens is 1. The molecule has 0 aliphatic carbocycles. The third-order valence-corrected chi connectivity index (χ3v) is 2.41. The Balaban J connectivity index is 3.01. The topological polar surface area (TPSA) is 114 Å². The summed E-state index contributed by atoms with van der Waals surface area (Å²) in [5, 5.41) is 8.86. The molecule has 20 heavy (non-hydrogen) atoms. The molecule has 0 unspecified atom stereocenters. The molecule has 1 heterocycles. The SMILES string of the molecule is CC(C)CN(CC(N)=O)C(=O)c1cccc(C(=O)O)n1. The van der Waals surface area contributed by atoms with E-state index >= 15 is 0 Å². The van der Waals surface area contributed by atoms with Crippen molar-refractivity contribution in [3.05, 3.63) is 29.6 Å². The third-order valence-electron chi connectivity index (χ3n) is 2.41. The Morgan fingerprint density at radius 2 is 1.90 bits per heavy atom. The molecule has 1 aromatic heterocycles. The fraction of sp³-hybridized carbons (Fsp3) is 0.385. The van der Waals surface area contributed by atoms with E-state index < -0.39 is 17.8 Å². The van der Waals surface area contributed by atoms with Crippen LogP contribution in [0, 0.1) is 5.92 Å². The van der Waals surface area contributed by atoms with E-state index in [4.69, 9.17) is 10.8 Å². The van der Waals surface area contributed by atoms with Gasteiger partial charge in [-0.1, -0.05) is 19.9 Å². The summed E-state index contributed by atoms with van der Waals surface area (Å²) in [6, 6.07) is 4.13. The zero-order chi connectivity index (χ0) is 15.3. The molecular formula is C13H17N3O4. The Morgan fingerprint density at radius 1 is 1.30 bits per heavy atom. The molecule has 0 aliphatic rings. The van der Waals surface area contributed by atoms with Gasteiger partial charge in [-0.15, -0.1) is 0 Å². The van der Waals surface area contributed by atoms with Crippen molar-refractivity contribution in [1.82, 2.24) is 9.88 Å². The van der Waals surface area contributed by atoms with E-state index in [1.807, 2.05) is 13.8 Å². The number of carbonyl (C=O) groups excluding carboxylic acids is 2. The van der Waals surface area contributed by atoms with Crippen LogP contribution in [0.1, 0.15) is 34.8 Å². The molecule has 2 amide bonds. The average Bonchev–Trinajstić information content (AvgIpc) is 2.36. The Bertz CT molecular complexity index is 528. The number of hydrogen-bond donors (Lipinski definition) is 2. The van der Waals surface area contributed by atoms with Crippen molar-refractivity contribution in [2.24, 2.45) is 11.7 Å². The first-order valence-corrected chi connectivity index (χ1v) is 6.09. The van der Waals surface area contributed by atoms with Crippen LogP contribution >= 0.6 is 0 Å². The number of nitrogens with zero attached hydrogens (tertiary/aromatic N) is 2. The fourth-order valence-corrected chi connectivity index (χ4v) is 1.68. The summed E-state index contributed by atoms with van der Waals surface area (Å²) in [5.74, 6) is -2.22. The molecule has 0 saturated carbocycles. The average molecular weight is 279 g/mol. The summed E-state index contributed by atoms with van der Waals surface area (Å²) in [5.41, 5.74) is 4.87. The van der Waals surface area contributed by atoms with Crippen molar-refractivity contribution < 1.29 is 19.5 Å². The van der Waals surface area contributed by atoms with Gasteiger partial charge in [-0.3, -0.25) is 9.59 Å². The highest BCUT2D eigenvalue weighted by molar-refractivity contribution is 5.96. The number of nitrogens with two attached hydrogens (primary N) is 1. The van der Waals surface area contributed by atoms with Crippen molar-refractivity contribution in [2.75, 3.05) is 13.1 Å². The van der Waals surface area contributed by atoms with Gasteiger partial charge >= 0.3 is 5.97 Å². The van der Waals surface area contributed by atoms with E-state index in [0.29, 0.717) is 6.54 Å². The Morgan fingerprint density at radius 3 is 2.40 bits per heavy atom. The zero-order valence-corrected chi connectivity index (χ0v) is 11.4. The maximum absolute atomic E-state index is 12.3. The number of primary amides is 1. The number of hydrogen-bond acceptors (Lipinski definition) is 4. The largest absolute Gasteiger partial charge is 0.477 e. The second-order valence-electron chi connectivity index (χ2n) is 4.76. The second-order valence-corrected chi connectivity index (χ2v) is 4.76. The smallest absolute Gasteiger partial charge is 0.354 e. The number of carboxylic acid groups (broad SMARTS) is 1. The van der Waals surface area contributed by atoms with E-state index in [1.165, 1.54) is 23.1 Å². The molecule has 7 nitrogen and oxygen atoms in total. The van der Waals surface area contributed by atoms with Gasteiger partial charge in [-0.25, -0.2) is 9.78 Å². The molecule has 3 N–H and O–H groups in total. The first-order chi connectivity index (χ1) is 9.31. The van der Waals surface area contributed by atoms with Crippen LogP contribution in [0.4, 0.5) is 0 Å². The second kappa shape index (κ2) is 6.65. The Hall–Kier alpha value is -2.44. The van der Waals surface area contributed by atoms with Gasteiger partial charge in [0.15, 0.2) is 0 Å². The van der Waals surface area contributed by atoms with Crippen LogP contribution in [0.2, 0.25) is 0 Å². The lowest BCUT2D eigenvalue weighted by Gasteiger charge is -2.22. The molecule has 7 heteroatoms. The van der Waals surface area contributed by atoms with Crippen molar-refractivity contribution >= 4 is 17.8 Å². The Labute approximate surface area is 116 Å². The molecule has 0 saturated heterocycles. The number of amides is 2. The predicted octanol–water partition coefficient (Wildman–Crippen LogP) is 0.363. The van der Waals surface area contributed by atoms with E-state index in [9.17, 15) is 14.4 Å². The number of carbonyl (C=O) groups is 3. The minimum absolute atomic E-state index is 0.0215. The van der Waals surface area contributed by atoms with Crippen molar-refractivity contribution in [1.29, 1.82) is 0 Å². The number of aromatic carboxylic acids is 1. The predicted molar refractivity (Wildman–Crippen MR) is 71.1 cm³/mol. The van der Waals surface area contributed by atoms with Crippen LogP contribution in [-0.2, 0) is 4.79 Å². The van der Waals surface area contributed by atoms with Crippen LogP contribution < -0.4 is 5.73 Å². The molecule has 0 atom stereocenters. The number of pyridine rings is 1. The highest BCUT2D eigenvalue weighted by Gasteiger charge is 2.20. The van der Waals surface area contributed by atoms with Crippen LogP contribution in [0.3, 0.4) is 0 Å². The summed E-state index contributed by atoms with van der Waals surface area (Å²) in [4.78, 5) is 39.1. The molecule has 1 rings (SSSR count). The maximum atomic E-state index is 12.3. The van der Waals surface area contributed by atoms with Gasteiger partial charge < -0.3 is 15.7 Å². The monoisotopic (exact) mass is 279 g/mol. The summed E-state index contributed by atoms with van der Waals surface area (Å²) >= 11 is 0. The molecule has 0 spiro atoms. The highest BCUT2D eigenvalue weighted by atomic mass is 16.4. The first kappa shape index (κ1) is 15.6. The lowest BCUT2D eigenvalue weighted by Crippen LogP contribution is -2.41. The van der Waals surface area contributed by atoms with Crippen molar-refractivity contribution in [2.45, 2.75) is 13.8 Å². The molecule has 1 aromatic rings. The minimum atomic E-state index is -1.22. The molecule has 0 aromatic carbocycles. The molecule has 0 bridgehead atoms. The van der Waals surface area contributed by atoms with E-state index in [1.54, 1.807) is 0 Å². The van der Waals surface area contributed by atoms with Crippen molar-refractivity contribution in [3.8, 4) is 0 Å². The van der Waals surface area contributed by atoms with Crippen LogP contribution in [0.5, 0.6) is 0 Å². The van der Waals surface area contributed by atoms with Gasteiger partial charge in [-0.2, -0.15) is 0 Å². The van der Waals surface area contributed by atoms with E-state index in [-0.39, 0.29) is 23.9 Å². The maximum Gasteiger partial charge on any atom is 0.354 e. The van der Waals surface area contributed by atoms with Crippen molar-refractivity contribution in [3.63, 3.8) is 0 Å². The quantitative estimate of drug-likeness (QED) is 0.780. The number of carboxylic acids is 1. The summed E-state index contributed by atoms with van der Waals surface area (Å²) in [6.45, 7) is 3.89. The van der Waals surface area contributed by atoms with Crippen LogP contribution in [0.15, 0.2) is 18.2 Å². The molecule has 108 valence electrons. The molecule has 0 radical (unpaired) electrons. The highest BCUT2D eigenvalue weighted by Crippen LogP contribution is 2.07. The van der Waals surface area contributed by atoms with Gasteiger partial charge in [-0.05, 0) is 18.1 Å². The van der Waals surface area contributed by atoms with Gasteiger partial charge in [0.1, 0.15) is 11.4 Å². The minimum Gasteiger partial charge on any atom is -0.477 e. The third kappa shape index (κ3) is 4.34. The van der Waals surface area contributed by atoms with Gasteiger partial charge in [0.25, 0.3) is 5.91 Å². The van der Waals surface area contributed by atoms with Crippen LogP contribution in [-0.4, -0.2) is 45.9 Å². The standard InChI is InChI=1S/C13H17N3O4/c1-8(2)6-16(7-11(14)17)12(18)9-4-3-5-10(15-9)13(19)20/h3-5,8H,6-7H2,1-2H3,(H2,14,17)(H,19,20). The van der Waals surface area contributed by atoms with Crippen LogP contribution in [0.25, 0.3) is 0 Å².